The molecule has 1 rings (SSSR count). The summed E-state index contributed by atoms with van der Waals surface area (Å²) in [6.07, 6.45) is 3.97. The lowest BCUT2D eigenvalue weighted by atomic mass is 10.1. The monoisotopic (exact) mass is 260 g/mol. The molecular formula is C10H10BrClO. The molecule has 0 saturated heterocycles. The van der Waals surface area contributed by atoms with Crippen LogP contribution in [0.1, 0.15) is 11.1 Å². The van der Waals surface area contributed by atoms with Crippen LogP contribution in [0.3, 0.4) is 0 Å². The van der Waals surface area contributed by atoms with Crippen molar-refractivity contribution in [3.63, 3.8) is 0 Å². The fourth-order valence-corrected chi connectivity index (χ4v) is 1.36. The van der Waals surface area contributed by atoms with Crippen molar-refractivity contribution in [3.8, 4) is 0 Å². The van der Waals surface area contributed by atoms with E-state index in [2.05, 4.69) is 15.9 Å². The van der Waals surface area contributed by atoms with Gasteiger partial charge in [-0.1, -0.05) is 45.7 Å². The van der Waals surface area contributed by atoms with E-state index < -0.39 is 0 Å². The van der Waals surface area contributed by atoms with E-state index in [-0.39, 0.29) is 6.61 Å². The zero-order valence-electron chi connectivity index (χ0n) is 7.00. The van der Waals surface area contributed by atoms with Gasteiger partial charge in [-0.25, -0.2) is 0 Å². The first-order valence-corrected chi connectivity index (χ1v) is 5.39. The Kier molecular flexibility index (Phi) is 4.50. The topological polar surface area (TPSA) is 20.2 Å². The molecule has 0 aliphatic carbocycles. The van der Waals surface area contributed by atoms with Crippen LogP contribution in [0.5, 0.6) is 0 Å². The molecule has 0 atom stereocenters. The summed E-state index contributed by atoms with van der Waals surface area (Å²) < 4.78 is 0. The molecule has 1 aromatic rings. The molecule has 13 heavy (non-hydrogen) atoms. The standard InChI is InChI=1S/C10H10BrClO/c11-5-1-2-8-3-4-10(12)9(6-8)7-13/h1-4,6,13H,5,7H2. The highest BCUT2D eigenvalue weighted by Gasteiger charge is 1.98. The van der Waals surface area contributed by atoms with Crippen LogP contribution in [0, 0.1) is 0 Å². The summed E-state index contributed by atoms with van der Waals surface area (Å²) in [4.78, 5) is 0. The predicted octanol–water partition coefficient (Wildman–Crippen LogP) is 3.24. The molecule has 70 valence electrons. The third-order valence-electron chi connectivity index (χ3n) is 1.64. The van der Waals surface area contributed by atoms with Gasteiger partial charge in [0.2, 0.25) is 0 Å². The van der Waals surface area contributed by atoms with Crippen LogP contribution in [0.4, 0.5) is 0 Å². The van der Waals surface area contributed by atoms with Gasteiger partial charge in [-0.15, -0.1) is 0 Å². The van der Waals surface area contributed by atoms with Crippen molar-refractivity contribution in [1.82, 2.24) is 0 Å². The second kappa shape index (κ2) is 5.43. The summed E-state index contributed by atoms with van der Waals surface area (Å²) in [7, 11) is 0. The van der Waals surface area contributed by atoms with E-state index in [1.54, 1.807) is 6.07 Å². The van der Waals surface area contributed by atoms with Crippen LogP contribution in [0.2, 0.25) is 5.02 Å². The van der Waals surface area contributed by atoms with Gasteiger partial charge in [0.15, 0.2) is 0 Å². The van der Waals surface area contributed by atoms with Gasteiger partial charge in [0.05, 0.1) is 6.61 Å². The van der Waals surface area contributed by atoms with E-state index in [1.165, 1.54) is 0 Å². The van der Waals surface area contributed by atoms with Gasteiger partial charge in [0.25, 0.3) is 0 Å². The van der Waals surface area contributed by atoms with E-state index in [0.29, 0.717) is 5.02 Å². The molecular weight excluding hydrogens is 251 g/mol. The molecule has 1 aromatic carbocycles. The van der Waals surface area contributed by atoms with E-state index in [9.17, 15) is 0 Å². The maximum Gasteiger partial charge on any atom is 0.0696 e. The second-order valence-electron chi connectivity index (χ2n) is 2.57. The number of allylic oxidation sites excluding steroid dienone is 1. The van der Waals surface area contributed by atoms with Crippen molar-refractivity contribution < 1.29 is 5.11 Å². The van der Waals surface area contributed by atoms with Crippen LogP contribution >= 0.6 is 27.5 Å². The predicted molar refractivity (Wildman–Crippen MR) is 60.2 cm³/mol. The Morgan fingerprint density at radius 3 is 2.85 bits per heavy atom. The molecule has 0 heterocycles. The Balaban J connectivity index is 2.92. The summed E-state index contributed by atoms with van der Waals surface area (Å²) in [6, 6.07) is 5.59. The molecule has 1 N–H and O–H groups in total. The molecule has 0 fully saturated rings. The van der Waals surface area contributed by atoms with Crippen LogP contribution in [-0.2, 0) is 6.61 Å². The van der Waals surface area contributed by atoms with Crippen LogP contribution in [0.15, 0.2) is 24.3 Å². The first-order valence-electron chi connectivity index (χ1n) is 3.89. The average molecular weight is 262 g/mol. The van der Waals surface area contributed by atoms with Gasteiger partial charge in [-0.3, -0.25) is 0 Å². The Labute approximate surface area is 91.2 Å². The summed E-state index contributed by atoms with van der Waals surface area (Å²) in [5.41, 5.74) is 1.81. The molecule has 0 unspecified atom stereocenters. The fourth-order valence-electron chi connectivity index (χ4n) is 1.00. The van der Waals surface area contributed by atoms with E-state index in [1.807, 2.05) is 24.3 Å². The van der Waals surface area contributed by atoms with Crippen molar-refractivity contribution in [1.29, 1.82) is 0 Å². The molecule has 3 heteroatoms. The lowest BCUT2D eigenvalue weighted by Crippen LogP contribution is -1.85. The average Bonchev–Trinajstić information content (AvgIpc) is 2.16. The Morgan fingerprint density at radius 1 is 1.46 bits per heavy atom. The molecule has 0 bridgehead atoms. The minimum atomic E-state index is -0.0190. The molecule has 0 saturated carbocycles. The Bertz CT molecular complexity index is 310. The van der Waals surface area contributed by atoms with Crippen molar-refractivity contribution in [3.05, 3.63) is 40.4 Å². The summed E-state index contributed by atoms with van der Waals surface area (Å²) in [6.45, 7) is -0.0190. The largest absolute Gasteiger partial charge is 0.392 e. The molecule has 0 radical (unpaired) electrons. The minimum absolute atomic E-state index is 0.0190. The number of aliphatic hydroxyl groups is 1. The zero-order valence-corrected chi connectivity index (χ0v) is 9.35. The van der Waals surface area contributed by atoms with Gasteiger partial charge in [-0.2, -0.15) is 0 Å². The Morgan fingerprint density at radius 2 is 2.23 bits per heavy atom. The van der Waals surface area contributed by atoms with Gasteiger partial charge in [-0.05, 0) is 23.3 Å². The summed E-state index contributed by atoms with van der Waals surface area (Å²) >= 11 is 9.13. The number of hydrogen-bond donors (Lipinski definition) is 1. The van der Waals surface area contributed by atoms with Crippen molar-refractivity contribution in [2.45, 2.75) is 6.61 Å². The van der Waals surface area contributed by atoms with Gasteiger partial charge < -0.3 is 5.11 Å². The zero-order chi connectivity index (χ0) is 9.68. The molecule has 0 aliphatic heterocycles. The second-order valence-corrected chi connectivity index (χ2v) is 3.62. The smallest absolute Gasteiger partial charge is 0.0696 e. The maximum atomic E-state index is 8.95. The molecule has 0 amide bonds. The van der Waals surface area contributed by atoms with Gasteiger partial charge in [0, 0.05) is 10.4 Å². The van der Waals surface area contributed by atoms with Gasteiger partial charge in [0.1, 0.15) is 0 Å². The van der Waals surface area contributed by atoms with E-state index in [0.717, 1.165) is 16.5 Å². The number of rotatable bonds is 3. The third-order valence-corrected chi connectivity index (χ3v) is 2.38. The van der Waals surface area contributed by atoms with Crippen molar-refractivity contribution >= 4 is 33.6 Å². The lowest BCUT2D eigenvalue weighted by Gasteiger charge is -2.01. The highest BCUT2D eigenvalue weighted by atomic mass is 79.9. The van der Waals surface area contributed by atoms with Crippen molar-refractivity contribution in [2.75, 3.05) is 5.33 Å². The first kappa shape index (κ1) is 10.8. The number of aliphatic hydroxyl groups excluding tert-OH is 1. The van der Waals surface area contributed by atoms with Crippen LogP contribution < -0.4 is 0 Å². The number of halogens is 2. The van der Waals surface area contributed by atoms with Crippen molar-refractivity contribution in [2.24, 2.45) is 0 Å². The molecule has 0 aliphatic rings. The third kappa shape index (κ3) is 3.14. The SMILES string of the molecule is OCc1cc(C=CCBr)ccc1Cl. The summed E-state index contributed by atoms with van der Waals surface area (Å²) in [5.74, 6) is 0. The molecule has 0 spiro atoms. The number of benzene rings is 1. The van der Waals surface area contributed by atoms with Gasteiger partial charge >= 0.3 is 0 Å². The molecule has 1 nitrogen and oxygen atoms in total. The number of alkyl halides is 1. The number of hydrogen-bond acceptors (Lipinski definition) is 1. The summed E-state index contributed by atoms with van der Waals surface area (Å²) in [5, 5.41) is 10.4. The Hall–Kier alpha value is -0.310. The first-order chi connectivity index (χ1) is 6.27. The molecule has 0 aromatic heterocycles. The maximum absolute atomic E-state index is 8.95. The minimum Gasteiger partial charge on any atom is -0.392 e. The van der Waals surface area contributed by atoms with Crippen LogP contribution in [-0.4, -0.2) is 10.4 Å². The lowest BCUT2D eigenvalue weighted by molar-refractivity contribution is 0.282. The van der Waals surface area contributed by atoms with Crippen LogP contribution in [0.25, 0.3) is 6.08 Å². The fraction of sp³-hybridized carbons (Fsp3) is 0.200. The quantitative estimate of drug-likeness (QED) is 0.828. The highest BCUT2D eigenvalue weighted by Crippen LogP contribution is 2.18. The van der Waals surface area contributed by atoms with E-state index in [4.69, 9.17) is 16.7 Å². The van der Waals surface area contributed by atoms with E-state index >= 15 is 0 Å². The highest BCUT2D eigenvalue weighted by molar-refractivity contribution is 9.09. The normalized spacial score (nSPS) is 11.0.